The third-order valence-corrected chi connectivity index (χ3v) is 6.21. The van der Waals surface area contributed by atoms with Crippen LogP contribution in [-0.2, 0) is 15.1 Å². The number of nitrogens with one attached hydrogen (secondary N) is 2. The van der Waals surface area contributed by atoms with E-state index >= 15 is 0 Å². The summed E-state index contributed by atoms with van der Waals surface area (Å²) in [4.78, 5) is 38.6. The highest BCUT2D eigenvalue weighted by atomic mass is 32.1. The number of carbonyl (C=O) groups excluding carboxylic acids is 2. The summed E-state index contributed by atoms with van der Waals surface area (Å²) in [6.07, 6.45) is 6.81. The molecule has 0 radical (unpaired) electrons. The molecule has 0 spiro atoms. The van der Waals surface area contributed by atoms with Crippen LogP contribution in [0, 0.1) is 0 Å². The minimum absolute atomic E-state index is 0.0246. The minimum atomic E-state index is -0.881. The van der Waals surface area contributed by atoms with Crippen molar-refractivity contribution in [3.63, 3.8) is 0 Å². The van der Waals surface area contributed by atoms with E-state index in [4.69, 9.17) is 4.74 Å². The molecule has 1 aromatic carbocycles. The van der Waals surface area contributed by atoms with Crippen molar-refractivity contribution in [1.29, 1.82) is 0 Å². The van der Waals surface area contributed by atoms with Crippen LogP contribution in [0.4, 0.5) is 5.13 Å². The highest BCUT2D eigenvalue weighted by Crippen LogP contribution is 2.28. The highest BCUT2D eigenvalue weighted by Gasteiger charge is 2.24. The SMILES string of the molecule is COCC(NC(=O)c1ccn(C(C)(C)C)c1)C(=O)Nc1nc(-c2cccc(-c3ccncn3)c2)cs1. The lowest BCUT2D eigenvalue weighted by molar-refractivity contribution is -0.119. The molecule has 0 aliphatic heterocycles. The van der Waals surface area contributed by atoms with Crippen LogP contribution >= 0.6 is 11.3 Å². The van der Waals surface area contributed by atoms with E-state index in [1.807, 2.05) is 67.2 Å². The van der Waals surface area contributed by atoms with Gasteiger partial charge in [0.25, 0.3) is 11.8 Å². The number of amides is 2. The van der Waals surface area contributed by atoms with E-state index in [2.05, 4.69) is 25.6 Å². The van der Waals surface area contributed by atoms with Crippen LogP contribution in [0.2, 0.25) is 0 Å². The standard InChI is InChI=1S/C26H28N6O3S/c1-26(2,3)32-11-9-19(13-32)23(33)29-21(14-35-4)24(34)31-25-30-22(15-36-25)18-7-5-6-17(12-18)20-8-10-27-16-28-20/h5-13,15-16,21H,14H2,1-4H3,(H,29,33)(H,30,31,34). The smallest absolute Gasteiger partial charge is 0.253 e. The molecular formula is C26H28N6O3S. The Morgan fingerprint density at radius 1 is 1.14 bits per heavy atom. The number of ether oxygens (including phenoxy) is 1. The van der Waals surface area contributed by atoms with Crippen molar-refractivity contribution in [1.82, 2.24) is 24.8 Å². The maximum atomic E-state index is 13.0. The van der Waals surface area contributed by atoms with Crippen molar-refractivity contribution in [2.75, 3.05) is 19.0 Å². The summed E-state index contributed by atoms with van der Waals surface area (Å²) in [6, 6.07) is 10.5. The second kappa shape index (κ2) is 10.8. The second-order valence-corrected chi connectivity index (χ2v) is 10.0. The van der Waals surface area contributed by atoms with E-state index in [1.165, 1.54) is 24.8 Å². The van der Waals surface area contributed by atoms with Crippen LogP contribution in [0.25, 0.3) is 22.5 Å². The van der Waals surface area contributed by atoms with Gasteiger partial charge in [0.15, 0.2) is 5.13 Å². The Kier molecular flexibility index (Phi) is 7.56. The number of methoxy groups -OCH3 is 1. The fourth-order valence-corrected chi connectivity index (χ4v) is 4.22. The number of nitrogens with zero attached hydrogens (tertiary/aromatic N) is 4. The van der Waals surface area contributed by atoms with E-state index < -0.39 is 11.9 Å². The van der Waals surface area contributed by atoms with Gasteiger partial charge in [0, 0.05) is 47.7 Å². The molecule has 36 heavy (non-hydrogen) atoms. The van der Waals surface area contributed by atoms with E-state index in [-0.39, 0.29) is 18.1 Å². The van der Waals surface area contributed by atoms with Crippen LogP contribution in [0.1, 0.15) is 31.1 Å². The fourth-order valence-electron chi connectivity index (χ4n) is 3.49. The van der Waals surface area contributed by atoms with Gasteiger partial charge in [-0.3, -0.25) is 9.59 Å². The molecule has 3 heterocycles. The molecule has 2 N–H and O–H groups in total. The quantitative estimate of drug-likeness (QED) is 0.372. The third-order valence-electron chi connectivity index (χ3n) is 5.46. The molecular weight excluding hydrogens is 476 g/mol. The maximum Gasteiger partial charge on any atom is 0.253 e. The summed E-state index contributed by atoms with van der Waals surface area (Å²) < 4.78 is 7.13. The molecule has 0 saturated carbocycles. The Morgan fingerprint density at radius 2 is 1.92 bits per heavy atom. The lowest BCUT2D eigenvalue weighted by Gasteiger charge is -2.21. The first kappa shape index (κ1) is 25.2. The molecule has 0 aliphatic rings. The zero-order valence-electron chi connectivity index (χ0n) is 20.6. The number of thiazole rings is 1. The van der Waals surface area contributed by atoms with Crippen molar-refractivity contribution in [2.45, 2.75) is 32.4 Å². The summed E-state index contributed by atoms with van der Waals surface area (Å²) in [6.45, 7) is 6.16. The predicted octanol–water partition coefficient (Wildman–Crippen LogP) is 4.21. The average Bonchev–Trinajstić information content (AvgIpc) is 3.55. The Balaban J connectivity index is 1.44. The monoisotopic (exact) mass is 504 g/mol. The van der Waals surface area contributed by atoms with Crippen LogP contribution in [0.15, 0.2) is 66.7 Å². The summed E-state index contributed by atoms with van der Waals surface area (Å²) in [5, 5.41) is 7.85. The molecule has 0 saturated heterocycles. The van der Waals surface area contributed by atoms with Crippen molar-refractivity contribution in [3.8, 4) is 22.5 Å². The van der Waals surface area contributed by atoms with Crippen molar-refractivity contribution >= 4 is 28.3 Å². The molecule has 10 heteroatoms. The molecule has 0 fully saturated rings. The summed E-state index contributed by atoms with van der Waals surface area (Å²) in [5.41, 5.74) is 3.69. The normalized spacial score (nSPS) is 12.2. The first-order chi connectivity index (χ1) is 17.2. The zero-order valence-corrected chi connectivity index (χ0v) is 21.4. The lowest BCUT2D eigenvalue weighted by Crippen LogP contribution is -2.46. The Hall–Kier alpha value is -3.89. The van der Waals surface area contributed by atoms with Gasteiger partial charge in [-0.15, -0.1) is 11.3 Å². The molecule has 0 aliphatic carbocycles. The van der Waals surface area contributed by atoms with Gasteiger partial charge >= 0.3 is 0 Å². The topological polar surface area (TPSA) is 111 Å². The highest BCUT2D eigenvalue weighted by molar-refractivity contribution is 7.14. The van der Waals surface area contributed by atoms with Crippen molar-refractivity contribution in [2.24, 2.45) is 0 Å². The number of anilines is 1. The Labute approximate surface area is 213 Å². The molecule has 1 unspecified atom stereocenters. The number of rotatable bonds is 8. The summed E-state index contributed by atoms with van der Waals surface area (Å²) in [7, 11) is 1.48. The van der Waals surface area contributed by atoms with Crippen LogP contribution in [0.3, 0.4) is 0 Å². The van der Waals surface area contributed by atoms with Gasteiger partial charge in [0.1, 0.15) is 12.4 Å². The van der Waals surface area contributed by atoms with E-state index in [0.29, 0.717) is 10.7 Å². The maximum absolute atomic E-state index is 13.0. The van der Waals surface area contributed by atoms with Gasteiger partial charge < -0.3 is 19.9 Å². The summed E-state index contributed by atoms with van der Waals surface area (Å²) >= 11 is 1.31. The number of benzene rings is 1. The number of aromatic nitrogens is 4. The van der Waals surface area contributed by atoms with Crippen LogP contribution in [-0.4, -0.2) is 51.1 Å². The molecule has 9 nitrogen and oxygen atoms in total. The second-order valence-electron chi connectivity index (χ2n) is 9.16. The predicted molar refractivity (Wildman–Crippen MR) is 140 cm³/mol. The molecule has 0 bridgehead atoms. The minimum Gasteiger partial charge on any atom is -0.382 e. The Morgan fingerprint density at radius 3 is 2.58 bits per heavy atom. The van der Waals surface area contributed by atoms with Crippen LogP contribution in [0.5, 0.6) is 0 Å². The van der Waals surface area contributed by atoms with E-state index in [0.717, 1.165) is 22.5 Å². The largest absolute Gasteiger partial charge is 0.382 e. The third kappa shape index (κ3) is 6.02. The molecule has 1 atom stereocenters. The fraction of sp³-hybridized carbons (Fsp3) is 0.269. The van der Waals surface area contributed by atoms with Crippen LogP contribution < -0.4 is 10.6 Å². The molecule has 4 aromatic rings. The first-order valence-corrected chi connectivity index (χ1v) is 12.2. The van der Waals surface area contributed by atoms with Crippen molar-refractivity contribution < 1.29 is 14.3 Å². The molecule has 4 rings (SSSR count). The van der Waals surface area contributed by atoms with Gasteiger partial charge in [0.05, 0.1) is 23.6 Å². The number of hydrogen-bond donors (Lipinski definition) is 2. The van der Waals surface area contributed by atoms with Gasteiger partial charge in [-0.1, -0.05) is 18.2 Å². The number of hydrogen-bond acceptors (Lipinski definition) is 7. The van der Waals surface area contributed by atoms with E-state index in [1.54, 1.807) is 18.5 Å². The lowest BCUT2D eigenvalue weighted by atomic mass is 10.1. The van der Waals surface area contributed by atoms with Gasteiger partial charge in [-0.2, -0.15) is 0 Å². The Bertz CT molecular complexity index is 1340. The summed E-state index contributed by atoms with van der Waals surface area (Å²) in [5.74, 6) is -0.757. The average molecular weight is 505 g/mol. The van der Waals surface area contributed by atoms with E-state index in [9.17, 15) is 9.59 Å². The number of carbonyl (C=O) groups is 2. The van der Waals surface area contributed by atoms with Gasteiger partial charge in [0.2, 0.25) is 0 Å². The van der Waals surface area contributed by atoms with Gasteiger partial charge in [-0.05, 0) is 39.0 Å². The molecule has 2 amide bonds. The molecule has 3 aromatic heterocycles. The van der Waals surface area contributed by atoms with Crippen molar-refractivity contribution in [3.05, 3.63) is 72.3 Å². The molecule has 186 valence electrons. The van der Waals surface area contributed by atoms with Gasteiger partial charge in [-0.25, -0.2) is 15.0 Å². The first-order valence-electron chi connectivity index (χ1n) is 11.4. The zero-order chi connectivity index (χ0) is 25.7.